The van der Waals surface area contributed by atoms with E-state index in [1.807, 2.05) is 0 Å². The van der Waals surface area contributed by atoms with Crippen LogP contribution in [-0.4, -0.2) is 21.0 Å². The van der Waals surface area contributed by atoms with Crippen molar-refractivity contribution in [3.8, 4) is 0 Å². The average molecular weight is 270 g/mol. The van der Waals surface area contributed by atoms with E-state index in [4.69, 9.17) is 24.4 Å². The molecule has 0 aliphatic heterocycles. The van der Waals surface area contributed by atoms with Crippen molar-refractivity contribution in [1.82, 2.24) is 15.0 Å². The lowest BCUT2D eigenvalue weighted by molar-refractivity contribution is 0.469. The maximum absolute atomic E-state index is 5.05. The van der Waals surface area contributed by atoms with E-state index in [0.29, 0.717) is 21.5 Å². The number of nitrogens with zero attached hydrogens (tertiary/aromatic N) is 1. The number of H-pyrrole nitrogens is 2. The van der Waals surface area contributed by atoms with Gasteiger partial charge in [-0.25, -0.2) is 0 Å². The predicted molar refractivity (Wildman–Crippen MR) is 74.3 cm³/mol. The summed E-state index contributed by atoms with van der Waals surface area (Å²) in [6, 6.07) is 0.491. The molecule has 94 valence electrons. The number of rotatable bonds is 2. The van der Waals surface area contributed by atoms with Gasteiger partial charge in [0.25, 0.3) is 0 Å². The molecular formula is C11H18N4S2. The molecule has 3 N–H and O–H groups in total. The van der Waals surface area contributed by atoms with Crippen molar-refractivity contribution in [3.05, 3.63) is 9.54 Å². The molecule has 0 radical (unpaired) electrons. The summed E-state index contributed by atoms with van der Waals surface area (Å²) < 4.78 is 0.959. The lowest BCUT2D eigenvalue weighted by Crippen LogP contribution is -2.22. The van der Waals surface area contributed by atoms with E-state index in [-0.39, 0.29) is 0 Å². The summed E-state index contributed by atoms with van der Waals surface area (Å²) in [7, 11) is 0. The van der Waals surface area contributed by atoms with E-state index in [9.17, 15) is 0 Å². The van der Waals surface area contributed by atoms with Gasteiger partial charge in [0.15, 0.2) is 4.77 Å². The highest BCUT2D eigenvalue weighted by Crippen LogP contribution is 2.19. The monoisotopic (exact) mass is 270 g/mol. The van der Waals surface area contributed by atoms with Gasteiger partial charge in [-0.3, -0.25) is 0 Å². The first-order chi connectivity index (χ1) is 8.24. The number of hydrogen-bond acceptors (Lipinski definition) is 4. The van der Waals surface area contributed by atoms with Crippen LogP contribution in [0.4, 0.5) is 5.95 Å². The van der Waals surface area contributed by atoms with Crippen LogP contribution in [0.15, 0.2) is 0 Å². The smallest absolute Gasteiger partial charge is 0.205 e. The molecule has 0 spiro atoms. The molecule has 0 amide bonds. The maximum Gasteiger partial charge on any atom is 0.205 e. The Hall–Kier alpha value is -0.750. The summed E-state index contributed by atoms with van der Waals surface area (Å²) >= 11 is 10.1. The average Bonchev–Trinajstić information content (AvgIpc) is 2.20. The summed E-state index contributed by atoms with van der Waals surface area (Å²) in [5.41, 5.74) is 0. The second-order valence-corrected chi connectivity index (χ2v) is 5.33. The lowest BCUT2D eigenvalue weighted by atomic mass is 9.97. The molecule has 1 aromatic rings. The second kappa shape index (κ2) is 6.26. The van der Waals surface area contributed by atoms with Crippen LogP contribution in [0.2, 0.25) is 0 Å². The molecule has 1 heterocycles. The minimum atomic E-state index is 0.432. The van der Waals surface area contributed by atoms with Gasteiger partial charge in [0.05, 0.1) is 0 Å². The third-order valence-corrected chi connectivity index (χ3v) is 3.51. The Kier molecular flexibility index (Phi) is 4.67. The molecule has 0 atom stereocenters. The number of nitrogens with one attached hydrogen (secondary N) is 3. The van der Waals surface area contributed by atoms with Crippen molar-refractivity contribution in [3.63, 3.8) is 0 Å². The zero-order chi connectivity index (χ0) is 12.1. The highest BCUT2D eigenvalue weighted by molar-refractivity contribution is 7.71. The van der Waals surface area contributed by atoms with Gasteiger partial charge in [0, 0.05) is 6.04 Å². The van der Waals surface area contributed by atoms with Crippen LogP contribution in [0, 0.1) is 9.54 Å². The molecule has 17 heavy (non-hydrogen) atoms. The van der Waals surface area contributed by atoms with Crippen LogP contribution in [0.25, 0.3) is 0 Å². The van der Waals surface area contributed by atoms with Gasteiger partial charge in [-0.05, 0) is 37.3 Å². The molecule has 0 bridgehead atoms. The predicted octanol–water partition coefficient (Wildman–Crippen LogP) is 3.72. The summed E-state index contributed by atoms with van der Waals surface area (Å²) in [4.78, 5) is 10.0. The van der Waals surface area contributed by atoms with E-state index in [1.165, 1.54) is 44.9 Å². The first-order valence-corrected chi connectivity index (χ1v) is 7.03. The molecule has 0 saturated heterocycles. The van der Waals surface area contributed by atoms with Gasteiger partial charge in [-0.2, -0.15) is 4.98 Å². The van der Waals surface area contributed by atoms with Gasteiger partial charge in [0.1, 0.15) is 0 Å². The van der Waals surface area contributed by atoms with E-state index in [0.717, 1.165) is 0 Å². The lowest BCUT2D eigenvalue weighted by Gasteiger charge is -2.21. The maximum atomic E-state index is 5.05. The second-order valence-electron chi connectivity index (χ2n) is 4.53. The highest BCUT2D eigenvalue weighted by Gasteiger charge is 2.11. The van der Waals surface area contributed by atoms with Crippen LogP contribution in [0.1, 0.15) is 44.9 Å². The first kappa shape index (κ1) is 12.7. The highest BCUT2D eigenvalue weighted by atomic mass is 32.1. The number of anilines is 1. The van der Waals surface area contributed by atoms with Crippen molar-refractivity contribution in [2.75, 3.05) is 5.32 Å². The fourth-order valence-corrected chi connectivity index (χ4v) is 2.71. The Labute approximate surface area is 111 Å². The Morgan fingerprint density at radius 1 is 1.00 bits per heavy atom. The Morgan fingerprint density at radius 3 is 2.29 bits per heavy atom. The largest absolute Gasteiger partial charge is 0.353 e. The zero-order valence-electron chi connectivity index (χ0n) is 9.79. The van der Waals surface area contributed by atoms with Gasteiger partial charge in [0.2, 0.25) is 10.7 Å². The topological polar surface area (TPSA) is 56.5 Å². The Bertz CT molecular complexity index is 429. The van der Waals surface area contributed by atoms with Gasteiger partial charge < -0.3 is 15.3 Å². The first-order valence-electron chi connectivity index (χ1n) is 6.21. The van der Waals surface area contributed by atoms with Crippen molar-refractivity contribution in [1.29, 1.82) is 0 Å². The molecule has 6 heteroatoms. The molecule has 2 rings (SSSR count). The molecular weight excluding hydrogens is 252 g/mol. The zero-order valence-corrected chi connectivity index (χ0v) is 11.4. The summed E-state index contributed by atoms with van der Waals surface area (Å²) in [6.45, 7) is 0. The number of hydrogen-bond donors (Lipinski definition) is 3. The molecule has 0 unspecified atom stereocenters. The third kappa shape index (κ3) is 4.20. The van der Waals surface area contributed by atoms with Gasteiger partial charge in [-0.15, -0.1) is 0 Å². The molecule has 1 aliphatic rings. The van der Waals surface area contributed by atoms with Crippen LogP contribution >= 0.6 is 24.4 Å². The SMILES string of the molecule is S=c1nc(NC2CCCCCCC2)[nH]c(=S)[nH]1. The van der Waals surface area contributed by atoms with E-state index < -0.39 is 0 Å². The normalized spacial score (nSPS) is 18.4. The molecule has 1 fully saturated rings. The Morgan fingerprint density at radius 2 is 1.65 bits per heavy atom. The van der Waals surface area contributed by atoms with Gasteiger partial charge in [-0.1, -0.05) is 32.1 Å². The minimum absolute atomic E-state index is 0.432. The quantitative estimate of drug-likeness (QED) is 0.717. The third-order valence-electron chi connectivity index (χ3n) is 3.11. The van der Waals surface area contributed by atoms with Crippen molar-refractivity contribution >= 4 is 30.4 Å². The fraction of sp³-hybridized carbons (Fsp3) is 0.727. The number of aromatic amines is 2. The number of aromatic nitrogens is 3. The van der Waals surface area contributed by atoms with Gasteiger partial charge >= 0.3 is 0 Å². The standard InChI is InChI=1S/C11H18N4S2/c16-10-13-9(14-11(17)15-10)12-8-6-4-2-1-3-5-7-8/h8H,1-7H2,(H3,12,13,14,15,16,17). The Balaban J connectivity index is 2.02. The van der Waals surface area contributed by atoms with Crippen LogP contribution < -0.4 is 5.32 Å². The van der Waals surface area contributed by atoms with E-state index in [1.54, 1.807) is 0 Å². The van der Waals surface area contributed by atoms with Crippen LogP contribution in [-0.2, 0) is 0 Å². The summed E-state index contributed by atoms with van der Waals surface area (Å²) in [5.74, 6) is 0.698. The molecule has 4 nitrogen and oxygen atoms in total. The van der Waals surface area contributed by atoms with Crippen molar-refractivity contribution in [2.24, 2.45) is 0 Å². The van der Waals surface area contributed by atoms with E-state index >= 15 is 0 Å². The van der Waals surface area contributed by atoms with Crippen LogP contribution in [0.3, 0.4) is 0 Å². The van der Waals surface area contributed by atoms with Crippen molar-refractivity contribution in [2.45, 2.75) is 51.0 Å². The minimum Gasteiger partial charge on any atom is -0.353 e. The molecule has 1 aromatic heterocycles. The summed E-state index contributed by atoms with van der Waals surface area (Å²) in [6.07, 6.45) is 9.05. The van der Waals surface area contributed by atoms with Crippen LogP contribution in [0.5, 0.6) is 0 Å². The molecule has 0 aromatic carbocycles. The van der Waals surface area contributed by atoms with Crippen molar-refractivity contribution < 1.29 is 0 Å². The van der Waals surface area contributed by atoms with E-state index in [2.05, 4.69) is 20.3 Å². The molecule has 1 saturated carbocycles. The summed E-state index contributed by atoms with van der Waals surface area (Å²) in [5, 5.41) is 3.41. The fourth-order valence-electron chi connectivity index (χ4n) is 2.26. The molecule has 1 aliphatic carbocycles.